The fraction of sp³-hybridized carbons (Fsp3) is 0.379. The maximum absolute atomic E-state index is 13.6. The number of aromatic nitrogens is 2. The normalized spacial score (nSPS) is 14.9. The Hall–Kier alpha value is -4.13. The number of nitrogens with zero attached hydrogens (tertiary/aromatic N) is 3. The number of halogens is 1. The van der Waals surface area contributed by atoms with Gasteiger partial charge in [0.15, 0.2) is 5.60 Å². The van der Waals surface area contributed by atoms with E-state index in [1.165, 1.54) is 11.6 Å². The fourth-order valence-electron chi connectivity index (χ4n) is 4.50. The Morgan fingerprint density at radius 2 is 1.68 bits per heavy atom. The third-order valence-electron chi connectivity index (χ3n) is 6.45. The highest BCUT2D eigenvalue weighted by atomic mass is 19.1. The molecule has 0 bridgehead atoms. The summed E-state index contributed by atoms with van der Waals surface area (Å²) in [6.07, 6.45) is 3.97. The summed E-state index contributed by atoms with van der Waals surface area (Å²) in [6.45, 7) is 3.92. The van der Waals surface area contributed by atoms with Gasteiger partial charge >= 0.3 is 17.9 Å². The van der Waals surface area contributed by atoms with Crippen LogP contribution in [0.3, 0.4) is 0 Å². The molecule has 1 fully saturated rings. The number of rotatable bonds is 13. The van der Waals surface area contributed by atoms with Crippen LogP contribution in [-0.4, -0.2) is 77.6 Å². The number of aliphatic carboxylic acids is 3. The molecule has 0 spiro atoms. The molecule has 1 unspecified atom stereocenters. The van der Waals surface area contributed by atoms with Crippen molar-refractivity contribution in [2.45, 2.75) is 57.0 Å². The number of hydrogen-bond donors (Lipinski definition) is 4. The van der Waals surface area contributed by atoms with E-state index in [0.29, 0.717) is 6.54 Å². The predicted molar refractivity (Wildman–Crippen MR) is 144 cm³/mol. The number of carbonyl (C=O) groups is 3. The van der Waals surface area contributed by atoms with E-state index in [9.17, 15) is 18.8 Å². The van der Waals surface area contributed by atoms with E-state index < -0.39 is 36.4 Å². The van der Waals surface area contributed by atoms with Crippen molar-refractivity contribution in [1.29, 1.82) is 0 Å². The van der Waals surface area contributed by atoms with Crippen molar-refractivity contribution in [2.24, 2.45) is 0 Å². The lowest BCUT2D eigenvalue weighted by Gasteiger charge is -2.26. The molecule has 2 heterocycles. The zero-order valence-corrected chi connectivity index (χ0v) is 22.4. The minimum Gasteiger partial charge on any atom is -0.481 e. The van der Waals surface area contributed by atoms with Crippen molar-refractivity contribution < 1.29 is 43.9 Å². The maximum atomic E-state index is 13.6. The summed E-state index contributed by atoms with van der Waals surface area (Å²) in [5, 5.41) is 33.8. The van der Waals surface area contributed by atoms with Crippen molar-refractivity contribution in [3.05, 3.63) is 89.8 Å². The van der Waals surface area contributed by atoms with E-state index in [0.717, 1.165) is 50.3 Å². The molecule has 2 aromatic carbocycles. The second-order valence-corrected chi connectivity index (χ2v) is 9.91. The Morgan fingerprint density at radius 1 is 1.00 bits per heavy atom. The second kappa shape index (κ2) is 15.0. The summed E-state index contributed by atoms with van der Waals surface area (Å²) in [6, 6.07) is 17.2. The molecule has 220 valence electrons. The molecular weight excluding hydrogens is 537 g/mol. The minimum atomic E-state index is -2.74. The Morgan fingerprint density at radius 3 is 2.27 bits per heavy atom. The third-order valence-corrected chi connectivity index (χ3v) is 6.45. The van der Waals surface area contributed by atoms with Crippen LogP contribution in [0.4, 0.5) is 4.39 Å². The standard InChI is InChI=1S/C23H26FN3O.C6H8O7/c24-21-9-4-8-20(12-21)14-26(17-23-10-5-11-28-23)16-22-13-25-18-27(22)15-19-6-2-1-3-7-19;7-3(8)1-6(13,5(11)12)2-4(9)10/h1-4,6-9,12-13,18,23H,5,10-11,14-17H2;13H,1-2H2,(H,7,8)(H,9,10)(H,11,12). The molecule has 11 nitrogen and oxygen atoms in total. The number of benzene rings is 2. The first-order chi connectivity index (χ1) is 19.5. The molecule has 4 N–H and O–H groups in total. The first kappa shape index (κ1) is 31.4. The molecule has 1 aromatic heterocycles. The van der Waals surface area contributed by atoms with Gasteiger partial charge in [-0.25, -0.2) is 14.2 Å². The number of carboxylic acid groups (broad SMARTS) is 3. The summed E-state index contributed by atoms with van der Waals surface area (Å²) in [5.74, 6) is -5.21. The molecule has 41 heavy (non-hydrogen) atoms. The van der Waals surface area contributed by atoms with E-state index >= 15 is 0 Å². The summed E-state index contributed by atoms with van der Waals surface area (Å²) in [7, 11) is 0. The van der Waals surface area contributed by atoms with Gasteiger partial charge in [-0.1, -0.05) is 42.5 Å². The molecule has 0 radical (unpaired) electrons. The van der Waals surface area contributed by atoms with Gasteiger partial charge in [-0.2, -0.15) is 0 Å². The van der Waals surface area contributed by atoms with Crippen LogP contribution < -0.4 is 0 Å². The molecule has 3 aromatic rings. The van der Waals surface area contributed by atoms with Gasteiger partial charge in [0.05, 0.1) is 31.0 Å². The summed E-state index contributed by atoms with van der Waals surface area (Å²) in [5.41, 5.74) is 0.639. The quantitative estimate of drug-likeness (QED) is 0.240. The minimum absolute atomic E-state index is 0.191. The number of imidazole rings is 1. The first-order valence-corrected chi connectivity index (χ1v) is 13.0. The molecule has 1 aliphatic rings. The maximum Gasteiger partial charge on any atom is 0.336 e. The molecule has 1 aliphatic heterocycles. The SMILES string of the molecule is Fc1cccc(CN(Cc2cncn2Cc2ccccc2)CC2CCCO2)c1.O=C(O)CC(O)(CC(=O)O)C(=O)O. The molecule has 1 atom stereocenters. The summed E-state index contributed by atoms with van der Waals surface area (Å²) < 4.78 is 21.7. The number of hydrogen-bond acceptors (Lipinski definition) is 7. The predicted octanol–water partition coefficient (Wildman–Crippen LogP) is 3.00. The number of carboxylic acids is 3. The fourth-order valence-corrected chi connectivity index (χ4v) is 4.50. The topological polar surface area (TPSA) is 162 Å². The molecule has 0 aliphatic carbocycles. The lowest BCUT2D eigenvalue weighted by Crippen LogP contribution is -2.42. The van der Waals surface area contributed by atoms with Gasteiger partial charge in [0.2, 0.25) is 0 Å². The summed E-state index contributed by atoms with van der Waals surface area (Å²) in [4.78, 5) is 37.2. The Bertz CT molecular complexity index is 1280. The Kier molecular flexibility index (Phi) is 11.5. The van der Waals surface area contributed by atoms with Gasteiger partial charge in [-0.15, -0.1) is 0 Å². The van der Waals surface area contributed by atoms with E-state index in [-0.39, 0.29) is 11.9 Å². The van der Waals surface area contributed by atoms with E-state index in [2.05, 4.69) is 38.7 Å². The lowest BCUT2D eigenvalue weighted by molar-refractivity contribution is -0.170. The molecule has 0 amide bonds. The van der Waals surface area contributed by atoms with Crippen LogP contribution >= 0.6 is 0 Å². The largest absolute Gasteiger partial charge is 0.481 e. The van der Waals surface area contributed by atoms with Crippen molar-refractivity contribution in [2.75, 3.05) is 13.2 Å². The van der Waals surface area contributed by atoms with Crippen LogP contribution in [0.5, 0.6) is 0 Å². The van der Waals surface area contributed by atoms with Crippen LogP contribution in [0.1, 0.15) is 42.5 Å². The van der Waals surface area contributed by atoms with Crippen molar-refractivity contribution in [3.63, 3.8) is 0 Å². The van der Waals surface area contributed by atoms with Crippen molar-refractivity contribution in [3.8, 4) is 0 Å². The van der Waals surface area contributed by atoms with Crippen LogP contribution in [0.2, 0.25) is 0 Å². The van der Waals surface area contributed by atoms with Gasteiger partial charge in [0.1, 0.15) is 5.82 Å². The average Bonchev–Trinajstić information content (AvgIpc) is 3.56. The van der Waals surface area contributed by atoms with Crippen LogP contribution in [0, 0.1) is 5.82 Å². The van der Waals surface area contributed by atoms with Gasteiger partial charge in [0, 0.05) is 39.0 Å². The number of aliphatic hydroxyl groups is 1. The van der Waals surface area contributed by atoms with Crippen LogP contribution in [0.25, 0.3) is 0 Å². The van der Waals surface area contributed by atoms with E-state index in [1.807, 2.05) is 24.7 Å². The van der Waals surface area contributed by atoms with E-state index in [4.69, 9.17) is 25.2 Å². The Balaban J connectivity index is 0.000000302. The number of ether oxygens (including phenoxy) is 1. The van der Waals surface area contributed by atoms with Gasteiger partial charge < -0.3 is 29.7 Å². The van der Waals surface area contributed by atoms with Gasteiger partial charge in [0.25, 0.3) is 0 Å². The van der Waals surface area contributed by atoms with E-state index in [1.54, 1.807) is 12.1 Å². The monoisotopic (exact) mass is 571 g/mol. The lowest BCUT2D eigenvalue weighted by atomic mass is 9.96. The van der Waals surface area contributed by atoms with Crippen molar-refractivity contribution >= 4 is 17.9 Å². The second-order valence-electron chi connectivity index (χ2n) is 9.91. The first-order valence-electron chi connectivity index (χ1n) is 13.0. The van der Waals surface area contributed by atoms with Gasteiger partial charge in [-0.3, -0.25) is 14.5 Å². The highest BCUT2D eigenvalue weighted by molar-refractivity contribution is 5.88. The zero-order chi connectivity index (χ0) is 29.8. The molecular formula is C29H34FN3O8. The molecule has 1 saturated heterocycles. The highest BCUT2D eigenvalue weighted by Gasteiger charge is 2.40. The average molecular weight is 572 g/mol. The van der Waals surface area contributed by atoms with Crippen molar-refractivity contribution in [1.82, 2.24) is 14.5 Å². The van der Waals surface area contributed by atoms with Gasteiger partial charge in [-0.05, 0) is 36.1 Å². The highest BCUT2D eigenvalue weighted by Crippen LogP contribution is 2.19. The molecule has 12 heteroatoms. The molecule has 4 rings (SSSR count). The molecule has 0 saturated carbocycles. The Labute approximate surface area is 236 Å². The zero-order valence-electron chi connectivity index (χ0n) is 22.4. The smallest absolute Gasteiger partial charge is 0.336 e. The van der Waals surface area contributed by atoms with Crippen LogP contribution in [0.15, 0.2) is 67.1 Å². The third kappa shape index (κ3) is 10.4. The summed E-state index contributed by atoms with van der Waals surface area (Å²) >= 11 is 0. The van der Waals surface area contributed by atoms with Crippen LogP contribution in [-0.2, 0) is 38.8 Å².